The predicted octanol–water partition coefficient (Wildman–Crippen LogP) is 1.90. The van der Waals surface area contributed by atoms with E-state index in [-0.39, 0.29) is 18.6 Å². The Morgan fingerprint density at radius 2 is 2.32 bits per heavy atom. The molecule has 1 atom stereocenters. The van der Waals surface area contributed by atoms with E-state index in [1.807, 2.05) is 31.8 Å². The summed E-state index contributed by atoms with van der Waals surface area (Å²) in [6.45, 7) is 4.03. The lowest BCUT2D eigenvalue weighted by Crippen LogP contribution is -2.38. The third-order valence-corrected chi connectivity index (χ3v) is 4.15. The molecule has 0 aliphatic heterocycles. The number of fused-ring (bicyclic) bond motifs is 1. The van der Waals surface area contributed by atoms with Gasteiger partial charge in [-0.05, 0) is 33.1 Å². The van der Waals surface area contributed by atoms with E-state index in [4.69, 9.17) is 4.42 Å². The standard InChI is InChI=1S/C15H21N5O2/c1-9-10(2)22-14(18-9)8-16-15(21)19-12-5-4-6-13-11(12)7-17-20(13)3/h7,12H,4-6,8H2,1-3H3,(H2,16,19,21). The molecule has 3 rings (SSSR count). The maximum absolute atomic E-state index is 12.1. The van der Waals surface area contributed by atoms with E-state index in [0.29, 0.717) is 5.89 Å². The lowest BCUT2D eigenvalue weighted by Gasteiger charge is -2.23. The van der Waals surface area contributed by atoms with Gasteiger partial charge in [0.15, 0.2) is 0 Å². The third-order valence-electron chi connectivity index (χ3n) is 4.15. The SMILES string of the molecule is Cc1nc(CNC(=O)NC2CCCc3c2cnn3C)oc1C. The minimum atomic E-state index is -0.213. The van der Waals surface area contributed by atoms with Gasteiger partial charge in [0.1, 0.15) is 5.76 Å². The van der Waals surface area contributed by atoms with E-state index in [9.17, 15) is 4.79 Å². The Hall–Kier alpha value is -2.31. The highest BCUT2D eigenvalue weighted by Crippen LogP contribution is 2.28. The summed E-state index contributed by atoms with van der Waals surface area (Å²) in [5, 5.41) is 10.1. The number of hydrogen-bond acceptors (Lipinski definition) is 4. The van der Waals surface area contributed by atoms with Gasteiger partial charge in [0, 0.05) is 18.3 Å². The molecule has 0 saturated carbocycles. The van der Waals surface area contributed by atoms with Gasteiger partial charge in [-0.3, -0.25) is 4.68 Å². The minimum absolute atomic E-state index is 0.0190. The van der Waals surface area contributed by atoms with Gasteiger partial charge in [0.2, 0.25) is 5.89 Å². The Morgan fingerprint density at radius 3 is 3.05 bits per heavy atom. The number of amides is 2. The molecule has 2 aromatic heterocycles. The van der Waals surface area contributed by atoms with Crippen molar-refractivity contribution < 1.29 is 9.21 Å². The van der Waals surface area contributed by atoms with E-state index < -0.39 is 0 Å². The number of oxazole rings is 1. The number of nitrogens with zero attached hydrogens (tertiary/aromatic N) is 3. The highest BCUT2D eigenvalue weighted by molar-refractivity contribution is 5.74. The van der Waals surface area contributed by atoms with Gasteiger partial charge in [0.25, 0.3) is 0 Å². The van der Waals surface area contributed by atoms with Crippen LogP contribution in [0, 0.1) is 13.8 Å². The molecule has 1 unspecified atom stereocenters. The number of rotatable bonds is 3. The number of hydrogen-bond donors (Lipinski definition) is 2. The zero-order valence-electron chi connectivity index (χ0n) is 13.1. The number of aromatic nitrogens is 3. The molecule has 2 amide bonds. The van der Waals surface area contributed by atoms with Crippen LogP contribution in [0.1, 0.15) is 47.5 Å². The van der Waals surface area contributed by atoms with E-state index in [1.54, 1.807) is 0 Å². The number of aryl methyl sites for hydroxylation is 3. The van der Waals surface area contributed by atoms with Crippen molar-refractivity contribution in [1.29, 1.82) is 0 Å². The van der Waals surface area contributed by atoms with Crippen molar-refractivity contribution in [3.05, 3.63) is 34.8 Å². The lowest BCUT2D eigenvalue weighted by molar-refractivity contribution is 0.233. The first-order chi connectivity index (χ1) is 10.5. The quantitative estimate of drug-likeness (QED) is 0.907. The van der Waals surface area contributed by atoms with Crippen molar-refractivity contribution in [2.24, 2.45) is 7.05 Å². The van der Waals surface area contributed by atoms with Gasteiger partial charge in [-0.15, -0.1) is 0 Å². The van der Waals surface area contributed by atoms with Crippen molar-refractivity contribution in [3.8, 4) is 0 Å². The first-order valence-corrected chi connectivity index (χ1v) is 7.52. The van der Waals surface area contributed by atoms with Gasteiger partial charge in [-0.2, -0.15) is 5.10 Å². The van der Waals surface area contributed by atoms with Crippen molar-refractivity contribution in [2.75, 3.05) is 0 Å². The minimum Gasteiger partial charge on any atom is -0.444 e. The average molecular weight is 303 g/mol. The van der Waals surface area contributed by atoms with Crippen LogP contribution in [-0.4, -0.2) is 20.8 Å². The third kappa shape index (κ3) is 2.84. The maximum atomic E-state index is 12.1. The highest BCUT2D eigenvalue weighted by atomic mass is 16.4. The fraction of sp³-hybridized carbons (Fsp3) is 0.533. The van der Waals surface area contributed by atoms with Crippen molar-refractivity contribution in [3.63, 3.8) is 0 Å². The van der Waals surface area contributed by atoms with Crippen LogP contribution in [0.3, 0.4) is 0 Å². The van der Waals surface area contributed by atoms with Crippen LogP contribution < -0.4 is 10.6 Å². The largest absolute Gasteiger partial charge is 0.444 e. The normalized spacial score (nSPS) is 17.1. The molecule has 2 N–H and O–H groups in total. The monoisotopic (exact) mass is 303 g/mol. The molecule has 7 nitrogen and oxygen atoms in total. The fourth-order valence-corrected chi connectivity index (χ4v) is 2.84. The Balaban J connectivity index is 1.58. The zero-order chi connectivity index (χ0) is 15.7. The fourth-order valence-electron chi connectivity index (χ4n) is 2.84. The second-order valence-electron chi connectivity index (χ2n) is 5.69. The van der Waals surface area contributed by atoms with Gasteiger partial charge in [0.05, 0.1) is 24.5 Å². The van der Waals surface area contributed by atoms with E-state index in [2.05, 4.69) is 20.7 Å². The molecule has 0 bridgehead atoms. The van der Waals surface area contributed by atoms with Crippen LogP contribution >= 0.6 is 0 Å². The van der Waals surface area contributed by atoms with E-state index >= 15 is 0 Å². The van der Waals surface area contributed by atoms with Gasteiger partial charge in [-0.25, -0.2) is 9.78 Å². The van der Waals surface area contributed by atoms with Gasteiger partial charge >= 0.3 is 6.03 Å². The molecule has 0 aromatic carbocycles. The van der Waals surface area contributed by atoms with Crippen LogP contribution in [0.15, 0.2) is 10.6 Å². The summed E-state index contributed by atoms with van der Waals surface area (Å²) in [7, 11) is 1.94. The molecule has 1 aliphatic rings. The Bertz CT molecular complexity index is 669. The van der Waals surface area contributed by atoms with Crippen molar-refractivity contribution >= 4 is 6.03 Å². The Kier molecular flexibility index (Phi) is 3.87. The number of carbonyl (C=O) groups excluding carboxylic acids is 1. The Labute approximate surface area is 129 Å². The molecule has 0 saturated heterocycles. The van der Waals surface area contributed by atoms with Crippen LogP contribution in [0.25, 0.3) is 0 Å². The molecule has 22 heavy (non-hydrogen) atoms. The summed E-state index contributed by atoms with van der Waals surface area (Å²) >= 11 is 0. The molecular weight excluding hydrogens is 282 g/mol. The first-order valence-electron chi connectivity index (χ1n) is 7.52. The summed E-state index contributed by atoms with van der Waals surface area (Å²) in [6.07, 6.45) is 4.85. The van der Waals surface area contributed by atoms with Crippen LogP contribution in [-0.2, 0) is 20.0 Å². The molecule has 1 aliphatic carbocycles. The number of carbonyl (C=O) groups is 1. The topological polar surface area (TPSA) is 85.0 Å². The molecule has 0 fully saturated rings. The number of urea groups is 1. The number of nitrogens with one attached hydrogen (secondary N) is 2. The van der Waals surface area contributed by atoms with Crippen LogP contribution in [0.5, 0.6) is 0 Å². The molecule has 2 heterocycles. The summed E-state index contributed by atoms with van der Waals surface area (Å²) in [4.78, 5) is 16.3. The second kappa shape index (κ2) is 5.82. The van der Waals surface area contributed by atoms with Crippen LogP contribution in [0.2, 0.25) is 0 Å². The molecular formula is C15H21N5O2. The lowest BCUT2D eigenvalue weighted by atomic mass is 9.93. The Morgan fingerprint density at radius 1 is 1.50 bits per heavy atom. The molecule has 2 aromatic rings. The summed E-state index contributed by atoms with van der Waals surface area (Å²) in [5.74, 6) is 1.31. The molecule has 0 spiro atoms. The summed E-state index contributed by atoms with van der Waals surface area (Å²) < 4.78 is 7.34. The van der Waals surface area contributed by atoms with Crippen molar-refractivity contribution in [2.45, 2.75) is 45.7 Å². The highest BCUT2D eigenvalue weighted by Gasteiger charge is 2.24. The van der Waals surface area contributed by atoms with Gasteiger partial charge in [-0.1, -0.05) is 0 Å². The molecule has 118 valence electrons. The first kappa shape index (κ1) is 14.6. The molecule has 0 radical (unpaired) electrons. The second-order valence-corrected chi connectivity index (χ2v) is 5.69. The zero-order valence-corrected chi connectivity index (χ0v) is 13.1. The smallest absolute Gasteiger partial charge is 0.315 e. The van der Waals surface area contributed by atoms with E-state index in [1.165, 1.54) is 5.69 Å². The van der Waals surface area contributed by atoms with Gasteiger partial charge < -0.3 is 15.1 Å². The molecule has 7 heteroatoms. The summed E-state index contributed by atoms with van der Waals surface area (Å²) in [5.41, 5.74) is 3.17. The average Bonchev–Trinajstić information content (AvgIpc) is 3.02. The van der Waals surface area contributed by atoms with Crippen LogP contribution in [0.4, 0.5) is 4.79 Å². The predicted molar refractivity (Wildman–Crippen MR) is 80.2 cm³/mol. The summed E-state index contributed by atoms with van der Waals surface area (Å²) in [6, 6.07) is -0.194. The maximum Gasteiger partial charge on any atom is 0.315 e. The van der Waals surface area contributed by atoms with Crippen molar-refractivity contribution in [1.82, 2.24) is 25.4 Å². The van der Waals surface area contributed by atoms with E-state index in [0.717, 1.165) is 36.3 Å².